The van der Waals surface area contributed by atoms with E-state index in [9.17, 15) is 9.59 Å². The smallest absolute Gasteiger partial charge is 0.282 e. The van der Waals surface area contributed by atoms with Crippen LogP contribution in [0.4, 0.5) is 11.4 Å². The Morgan fingerprint density at radius 2 is 1.69 bits per heavy atom. The largest absolute Gasteiger partial charge is 0.494 e. The van der Waals surface area contributed by atoms with Gasteiger partial charge >= 0.3 is 0 Å². The average Bonchev–Trinajstić information content (AvgIpc) is 2.99. The lowest BCUT2D eigenvalue weighted by atomic mass is 9.97. The van der Waals surface area contributed by atoms with E-state index >= 15 is 0 Å². The lowest BCUT2D eigenvalue weighted by molar-refractivity contribution is -0.120. The molecule has 0 radical (unpaired) electrons. The molecule has 162 valence electrons. The van der Waals surface area contributed by atoms with Crippen molar-refractivity contribution in [1.29, 1.82) is 0 Å². The van der Waals surface area contributed by atoms with Gasteiger partial charge < -0.3 is 10.1 Å². The number of imide groups is 1. The van der Waals surface area contributed by atoms with E-state index in [-0.39, 0.29) is 5.70 Å². The summed E-state index contributed by atoms with van der Waals surface area (Å²) in [6, 6.07) is 19.8. The highest BCUT2D eigenvalue weighted by atomic mass is 35.5. The fourth-order valence-corrected chi connectivity index (χ4v) is 3.97. The van der Waals surface area contributed by atoms with Gasteiger partial charge in [0.2, 0.25) is 0 Å². The second-order valence-corrected chi connectivity index (χ2v) is 8.01. The molecular weight excluding hydrogens is 424 g/mol. The van der Waals surface area contributed by atoms with Crippen molar-refractivity contribution in [2.45, 2.75) is 20.8 Å². The van der Waals surface area contributed by atoms with Gasteiger partial charge in [0.25, 0.3) is 11.8 Å². The highest BCUT2D eigenvalue weighted by molar-refractivity contribution is 6.46. The molecule has 0 aromatic heterocycles. The van der Waals surface area contributed by atoms with E-state index in [0.717, 1.165) is 21.8 Å². The lowest BCUT2D eigenvalue weighted by Crippen LogP contribution is -2.32. The van der Waals surface area contributed by atoms with Crippen molar-refractivity contribution >= 4 is 40.4 Å². The van der Waals surface area contributed by atoms with Gasteiger partial charge in [-0.05, 0) is 74.4 Å². The monoisotopic (exact) mass is 446 g/mol. The Bertz CT molecular complexity index is 1230. The maximum atomic E-state index is 13.5. The molecule has 0 bridgehead atoms. The van der Waals surface area contributed by atoms with Gasteiger partial charge in [-0.3, -0.25) is 9.59 Å². The molecule has 1 aliphatic heterocycles. The van der Waals surface area contributed by atoms with Crippen molar-refractivity contribution in [3.63, 3.8) is 0 Å². The van der Waals surface area contributed by atoms with E-state index in [1.165, 1.54) is 0 Å². The molecule has 6 heteroatoms. The molecule has 3 aromatic carbocycles. The zero-order chi connectivity index (χ0) is 22.8. The second-order valence-electron chi connectivity index (χ2n) is 7.58. The predicted molar refractivity (Wildman–Crippen MR) is 128 cm³/mol. The van der Waals surface area contributed by atoms with Gasteiger partial charge in [0.1, 0.15) is 11.4 Å². The van der Waals surface area contributed by atoms with E-state index in [4.69, 9.17) is 16.3 Å². The van der Waals surface area contributed by atoms with E-state index < -0.39 is 11.8 Å². The van der Waals surface area contributed by atoms with Crippen LogP contribution in [0.15, 0.2) is 72.4 Å². The molecule has 0 saturated carbocycles. The molecule has 1 heterocycles. The summed E-state index contributed by atoms with van der Waals surface area (Å²) >= 11 is 6.13. The zero-order valence-corrected chi connectivity index (χ0v) is 18.9. The number of rotatable bonds is 6. The van der Waals surface area contributed by atoms with Crippen LogP contribution in [-0.2, 0) is 9.59 Å². The van der Waals surface area contributed by atoms with Crippen LogP contribution in [0.25, 0.3) is 5.57 Å². The molecular formula is C26H23ClN2O3. The van der Waals surface area contributed by atoms with Gasteiger partial charge in [0.05, 0.1) is 17.9 Å². The molecule has 3 aromatic rings. The second kappa shape index (κ2) is 8.89. The normalized spacial score (nSPS) is 13.7. The first kappa shape index (κ1) is 21.7. The summed E-state index contributed by atoms with van der Waals surface area (Å²) in [6.07, 6.45) is 0. The molecule has 0 spiro atoms. The third kappa shape index (κ3) is 4.12. The van der Waals surface area contributed by atoms with Crippen LogP contribution >= 0.6 is 11.6 Å². The van der Waals surface area contributed by atoms with E-state index in [2.05, 4.69) is 5.32 Å². The Labute approximate surface area is 192 Å². The molecule has 0 atom stereocenters. The number of hydrogen-bond acceptors (Lipinski definition) is 4. The maximum absolute atomic E-state index is 13.5. The predicted octanol–water partition coefficient (Wildman–Crippen LogP) is 5.75. The molecule has 0 aliphatic carbocycles. The first-order chi connectivity index (χ1) is 15.4. The number of aryl methyl sites for hydroxylation is 2. The molecule has 4 rings (SSSR count). The first-order valence-electron chi connectivity index (χ1n) is 10.3. The minimum atomic E-state index is -0.430. The molecule has 0 fully saturated rings. The van der Waals surface area contributed by atoms with Crippen LogP contribution in [0.1, 0.15) is 23.6 Å². The van der Waals surface area contributed by atoms with Crippen LogP contribution in [0.3, 0.4) is 0 Å². The van der Waals surface area contributed by atoms with E-state index in [1.54, 1.807) is 24.3 Å². The van der Waals surface area contributed by atoms with Gasteiger partial charge in [0.15, 0.2) is 0 Å². The summed E-state index contributed by atoms with van der Waals surface area (Å²) in [5.74, 6) is -0.0882. The van der Waals surface area contributed by atoms with Crippen LogP contribution in [-0.4, -0.2) is 18.4 Å². The number of amides is 2. The molecule has 1 N–H and O–H groups in total. The van der Waals surface area contributed by atoms with Gasteiger partial charge in [0, 0.05) is 10.7 Å². The number of nitrogens with one attached hydrogen (secondary N) is 1. The van der Waals surface area contributed by atoms with Gasteiger partial charge in [-0.1, -0.05) is 41.4 Å². The Balaban J connectivity index is 1.80. The first-order valence-corrected chi connectivity index (χ1v) is 10.7. The summed E-state index contributed by atoms with van der Waals surface area (Å²) in [5.41, 5.74) is 4.38. The molecule has 0 saturated heterocycles. The van der Waals surface area contributed by atoms with Crippen molar-refractivity contribution in [3.8, 4) is 5.75 Å². The topological polar surface area (TPSA) is 58.6 Å². The molecule has 5 nitrogen and oxygen atoms in total. The van der Waals surface area contributed by atoms with Crippen molar-refractivity contribution in [2.24, 2.45) is 0 Å². The summed E-state index contributed by atoms with van der Waals surface area (Å²) in [7, 11) is 0. The van der Waals surface area contributed by atoms with E-state index in [0.29, 0.717) is 34.1 Å². The van der Waals surface area contributed by atoms with E-state index in [1.807, 2.05) is 63.2 Å². The maximum Gasteiger partial charge on any atom is 0.282 e. The SMILES string of the molecule is CCOc1ccc(NC2=C(c3ccc(C)cc3C)C(=O)N(c3cccc(Cl)c3)C2=O)cc1. The minimum Gasteiger partial charge on any atom is -0.494 e. The standard InChI is InChI=1S/C26H23ClN2O3/c1-4-32-21-11-9-19(10-12-21)28-24-23(22-13-8-16(2)14-17(22)3)25(30)29(26(24)31)20-7-5-6-18(27)15-20/h5-15,28H,4H2,1-3H3. The minimum absolute atomic E-state index is 0.228. The summed E-state index contributed by atoms with van der Waals surface area (Å²) in [5, 5.41) is 3.62. The Kier molecular flexibility index (Phi) is 6.01. The van der Waals surface area contributed by atoms with Crippen LogP contribution in [0, 0.1) is 13.8 Å². The average molecular weight is 447 g/mol. The van der Waals surface area contributed by atoms with Crippen LogP contribution in [0.5, 0.6) is 5.75 Å². The van der Waals surface area contributed by atoms with Gasteiger partial charge in [-0.25, -0.2) is 4.90 Å². The Hall–Kier alpha value is -3.57. The van der Waals surface area contributed by atoms with Crippen molar-refractivity contribution in [3.05, 3.63) is 94.1 Å². The molecule has 0 unspecified atom stereocenters. The van der Waals surface area contributed by atoms with Crippen molar-refractivity contribution in [2.75, 3.05) is 16.8 Å². The number of nitrogens with zero attached hydrogens (tertiary/aromatic N) is 1. The lowest BCUT2D eigenvalue weighted by Gasteiger charge is -2.16. The number of hydrogen-bond donors (Lipinski definition) is 1. The summed E-state index contributed by atoms with van der Waals surface area (Å²) in [4.78, 5) is 28.2. The third-order valence-electron chi connectivity index (χ3n) is 5.24. The molecule has 1 aliphatic rings. The van der Waals surface area contributed by atoms with Crippen molar-refractivity contribution in [1.82, 2.24) is 0 Å². The van der Waals surface area contributed by atoms with Crippen molar-refractivity contribution < 1.29 is 14.3 Å². The number of carbonyl (C=O) groups excluding carboxylic acids is 2. The highest BCUT2D eigenvalue weighted by Gasteiger charge is 2.40. The van der Waals surface area contributed by atoms with Gasteiger partial charge in [-0.15, -0.1) is 0 Å². The highest BCUT2D eigenvalue weighted by Crippen LogP contribution is 2.36. The Morgan fingerprint density at radius 3 is 2.34 bits per heavy atom. The van der Waals surface area contributed by atoms with Crippen LogP contribution in [0.2, 0.25) is 5.02 Å². The van der Waals surface area contributed by atoms with Gasteiger partial charge in [-0.2, -0.15) is 0 Å². The number of anilines is 2. The zero-order valence-electron chi connectivity index (χ0n) is 18.1. The fourth-order valence-electron chi connectivity index (χ4n) is 3.78. The third-order valence-corrected chi connectivity index (χ3v) is 5.47. The number of benzene rings is 3. The van der Waals surface area contributed by atoms with Crippen LogP contribution < -0.4 is 15.0 Å². The quantitative estimate of drug-likeness (QED) is 0.489. The number of carbonyl (C=O) groups is 2. The molecule has 32 heavy (non-hydrogen) atoms. The molecule has 2 amide bonds. The number of ether oxygens (including phenoxy) is 1. The summed E-state index contributed by atoms with van der Waals surface area (Å²) < 4.78 is 5.49. The number of halogens is 1. The summed E-state index contributed by atoms with van der Waals surface area (Å²) in [6.45, 7) is 6.41. The Morgan fingerprint density at radius 1 is 0.938 bits per heavy atom. The fraction of sp³-hybridized carbons (Fsp3) is 0.154.